The molecule has 1 heterocycles. The van der Waals surface area contributed by atoms with Gasteiger partial charge in [0.2, 0.25) is 5.91 Å². The SMILES string of the molecule is CC(C)(C)OC(=O)N1CCCC1C(=O)NC(C#N)Cc1ccc(-c2ccccc2)cc1. The van der Waals surface area contributed by atoms with Crippen LogP contribution in [0.1, 0.15) is 39.2 Å². The third kappa shape index (κ3) is 6.08. The Labute approximate surface area is 183 Å². The van der Waals surface area contributed by atoms with Crippen molar-refractivity contribution in [1.82, 2.24) is 10.2 Å². The van der Waals surface area contributed by atoms with E-state index in [1.807, 2.05) is 54.6 Å². The summed E-state index contributed by atoms with van der Waals surface area (Å²) < 4.78 is 5.42. The third-order valence-corrected chi connectivity index (χ3v) is 5.16. The molecule has 0 aromatic heterocycles. The minimum absolute atomic E-state index is 0.309. The number of benzene rings is 2. The van der Waals surface area contributed by atoms with Gasteiger partial charge in [0.1, 0.15) is 17.7 Å². The van der Waals surface area contributed by atoms with E-state index in [1.165, 1.54) is 4.90 Å². The van der Waals surface area contributed by atoms with Crippen LogP contribution < -0.4 is 5.32 Å². The molecule has 2 aromatic rings. The van der Waals surface area contributed by atoms with Crippen LogP contribution in [-0.4, -0.2) is 41.1 Å². The summed E-state index contributed by atoms with van der Waals surface area (Å²) in [5.41, 5.74) is 2.56. The van der Waals surface area contributed by atoms with E-state index in [-0.39, 0.29) is 5.91 Å². The van der Waals surface area contributed by atoms with Gasteiger partial charge in [-0.1, -0.05) is 54.6 Å². The highest BCUT2D eigenvalue weighted by Crippen LogP contribution is 2.22. The number of amides is 2. The molecule has 162 valence electrons. The molecular weight excluding hydrogens is 390 g/mol. The third-order valence-electron chi connectivity index (χ3n) is 5.16. The molecule has 6 nitrogen and oxygen atoms in total. The standard InChI is InChI=1S/C25H29N3O3/c1-25(2,3)31-24(30)28-15-7-10-22(28)23(29)27-21(17-26)16-18-11-13-20(14-12-18)19-8-5-4-6-9-19/h4-6,8-9,11-14,21-22H,7,10,15-16H2,1-3H3,(H,27,29). The Balaban J connectivity index is 1.61. The first-order valence-corrected chi connectivity index (χ1v) is 10.6. The fourth-order valence-electron chi connectivity index (χ4n) is 3.67. The fourth-order valence-corrected chi connectivity index (χ4v) is 3.67. The molecule has 3 rings (SSSR count). The van der Waals surface area contributed by atoms with Gasteiger partial charge in [0.05, 0.1) is 6.07 Å². The molecule has 0 aliphatic carbocycles. The molecule has 0 saturated carbocycles. The lowest BCUT2D eigenvalue weighted by atomic mass is 10.0. The van der Waals surface area contributed by atoms with Crippen molar-refractivity contribution in [3.63, 3.8) is 0 Å². The number of nitrogens with zero attached hydrogens (tertiary/aromatic N) is 2. The zero-order valence-corrected chi connectivity index (χ0v) is 18.3. The average molecular weight is 420 g/mol. The Hall–Kier alpha value is -3.33. The monoisotopic (exact) mass is 419 g/mol. The van der Waals surface area contributed by atoms with Crippen LogP contribution >= 0.6 is 0 Å². The largest absolute Gasteiger partial charge is 0.444 e. The highest BCUT2D eigenvalue weighted by Gasteiger charge is 2.37. The quantitative estimate of drug-likeness (QED) is 0.783. The number of nitrogens with one attached hydrogen (secondary N) is 1. The first-order valence-electron chi connectivity index (χ1n) is 10.6. The summed E-state index contributed by atoms with van der Waals surface area (Å²) in [6.45, 7) is 5.87. The number of nitriles is 1. The number of likely N-dealkylation sites (tertiary alicyclic amines) is 1. The topological polar surface area (TPSA) is 82.4 Å². The van der Waals surface area contributed by atoms with E-state index in [2.05, 4.69) is 11.4 Å². The van der Waals surface area contributed by atoms with E-state index in [0.717, 1.165) is 23.1 Å². The van der Waals surface area contributed by atoms with Gasteiger partial charge < -0.3 is 10.1 Å². The summed E-state index contributed by atoms with van der Waals surface area (Å²) >= 11 is 0. The molecule has 1 fully saturated rings. The normalized spacial score (nSPS) is 17.0. The van der Waals surface area contributed by atoms with E-state index in [1.54, 1.807) is 20.8 Å². The molecule has 0 radical (unpaired) electrons. The first-order chi connectivity index (χ1) is 14.8. The second kappa shape index (κ2) is 9.65. The highest BCUT2D eigenvalue weighted by molar-refractivity contribution is 5.86. The molecule has 0 spiro atoms. The van der Waals surface area contributed by atoms with E-state index in [9.17, 15) is 14.9 Å². The van der Waals surface area contributed by atoms with Gasteiger partial charge in [-0.3, -0.25) is 9.69 Å². The van der Waals surface area contributed by atoms with E-state index >= 15 is 0 Å². The maximum Gasteiger partial charge on any atom is 0.410 e. The van der Waals surface area contributed by atoms with Gasteiger partial charge in [0, 0.05) is 13.0 Å². The lowest BCUT2D eigenvalue weighted by molar-refractivity contribution is -0.125. The number of carbonyl (C=O) groups excluding carboxylic acids is 2. The average Bonchev–Trinajstić information content (AvgIpc) is 3.23. The Morgan fingerprint density at radius 1 is 1.13 bits per heavy atom. The van der Waals surface area contributed by atoms with Crippen molar-refractivity contribution in [3.8, 4) is 17.2 Å². The van der Waals surface area contributed by atoms with Gasteiger partial charge >= 0.3 is 6.09 Å². The predicted molar refractivity (Wildman–Crippen MR) is 119 cm³/mol. The van der Waals surface area contributed by atoms with Crippen molar-refractivity contribution >= 4 is 12.0 Å². The summed E-state index contributed by atoms with van der Waals surface area (Å²) in [5.74, 6) is -0.309. The maximum absolute atomic E-state index is 12.8. The second-order valence-corrected chi connectivity index (χ2v) is 8.79. The van der Waals surface area contributed by atoms with Gasteiger partial charge in [0.25, 0.3) is 0 Å². The zero-order valence-electron chi connectivity index (χ0n) is 18.3. The van der Waals surface area contributed by atoms with Crippen LogP contribution in [0.3, 0.4) is 0 Å². The van der Waals surface area contributed by atoms with Crippen LogP contribution in [-0.2, 0) is 16.0 Å². The number of hydrogen-bond donors (Lipinski definition) is 1. The van der Waals surface area contributed by atoms with Crippen LogP contribution in [0, 0.1) is 11.3 Å². The van der Waals surface area contributed by atoms with Crippen LogP contribution in [0.5, 0.6) is 0 Å². The van der Waals surface area contributed by atoms with Gasteiger partial charge in [-0.2, -0.15) is 5.26 Å². The molecule has 1 N–H and O–H groups in total. The molecule has 1 aliphatic rings. The fraction of sp³-hybridized carbons (Fsp3) is 0.400. The minimum atomic E-state index is -0.670. The molecule has 2 aromatic carbocycles. The summed E-state index contributed by atoms with van der Waals surface area (Å²) in [6.07, 6.45) is 1.20. The second-order valence-electron chi connectivity index (χ2n) is 8.79. The first kappa shape index (κ1) is 22.4. The molecule has 2 amide bonds. The summed E-state index contributed by atoms with van der Waals surface area (Å²) in [4.78, 5) is 26.7. The van der Waals surface area contributed by atoms with Gasteiger partial charge in [-0.25, -0.2) is 4.79 Å². The number of rotatable bonds is 5. The van der Waals surface area contributed by atoms with E-state index in [0.29, 0.717) is 19.4 Å². The van der Waals surface area contributed by atoms with Crippen molar-refractivity contribution in [2.24, 2.45) is 0 Å². The molecule has 2 atom stereocenters. The Bertz CT molecular complexity index is 943. The van der Waals surface area contributed by atoms with Crippen molar-refractivity contribution in [3.05, 3.63) is 60.2 Å². The van der Waals surface area contributed by atoms with Crippen molar-refractivity contribution in [2.75, 3.05) is 6.54 Å². The molecule has 1 saturated heterocycles. The summed E-state index contributed by atoms with van der Waals surface area (Å²) in [6, 6.07) is 18.9. The number of hydrogen-bond acceptors (Lipinski definition) is 4. The lowest BCUT2D eigenvalue weighted by Crippen LogP contribution is -2.50. The van der Waals surface area contributed by atoms with Gasteiger partial charge in [0.15, 0.2) is 0 Å². The van der Waals surface area contributed by atoms with Crippen molar-refractivity contribution in [2.45, 2.75) is 57.7 Å². The molecule has 31 heavy (non-hydrogen) atoms. The Morgan fingerprint density at radius 3 is 2.39 bits per heavy atom. The molecule has 6 heteroatoms. The van der Waals surface area contributed by atoms with Crippen molar-refractivity contribution in [1.29, 1.82) is 5.26 Å². The van der Waals surface area contributed by atoms with Crippen LogP contribution in [0.25, 0.3) is 11.1 Å². The van der Waals surface area contributed by atoms with E-state index < -0.39 is 23.8 Å². The maximum atomic E-state index is 12.8. The number of carbonyl (C=O) groups is 2. The summed E-state index contributed by atoms with van der Waals surface area (Å²) in [5, 5.41) is 12.4. The van der Waals surface area contributed by atoms with Crippen LogP contribution in [0.4, 0.5) is 4.79 Å². The zero-order chi connectivity index (χ0) is 22.4. The van der Waals surface area contributed by atoms with E-state index in [4.69, 9.17) is 4.74 Å². The number of ether oxygens (including phenoxy) is 1. The Morgan fingerprint density at radius 2 is 1.77 bits per heavy atom. The molecule has 1 aliphatic heterocycles. The Kier molecular flexibility index (Phi) is 6.96. The molecule has 0 bridgehead atoms. The minimum Gasteiger partial charge on any atom is -0.444 e. The smallest absolute Gasteiger partial charge is 0.410 e. The molecular formula is C25H29N3O3. The predicted octanol–water partition coefficient (Wildman–Crippen LogP) is 4.30. The van der Waals surface area contributed by atoms with Crippen LogP contribution in [0.2, 0.25) is 0 Å². The van der Waals surface area contributed by atoms with Crippen molar-refractivity contribution < 1.29 is 14.3 Å². The lowest BCUT2D eigenvalue weighted by Gasteiger charge is -2.28. The highest BCUT2D eigenvalue weighted by atomic mass is 16.6. The van der Waals surface area contributed by atoms with Crippen LogP contribution in [0.15, 0.2) is 54.6 Å². The molecule has 2 unspecified atom stereocenters. The summed E-state index contributed by atoms with van der Waals surface area (Å²) in [7, 11) is 0. The van der Waals surface area contributed by atoms with Gasteiger partial charge in [-0.05, 0) is 50.3 Å². The van der Waals surface area contributed by atoms with Gasteiger partial charge in [-0.15, -0.1) is 0 Å².